The van der Waals surface area contributed by atoms with E-state index in [0.29, 0.717) is 51.4 Å². The maximum atomic E-state index is 13.0. The number of carbonyl (C=O) groups excluding carboxylic acids is 1. The van der Waals surface area contributed by atoms with Crippen molar-refractivity contribution in [2.45, 2.75) is 92.4 Å². The Balaban J connectivity index is 0.00000625. The first-order chi connectivity index (χ1) is 22.6. The molecule has 48 heavy (non-hydrogen) atoms. The summed E-state index contributed by atoms with van der Waals surface area (Å²) in [4.78, 5) is 13.7. The number of Topliss-reactive ketones (excluding diaryl/α,β-unsaturated/α-hetero) is 1. The molecule has 250 valence electrons. The molecule has 1 unspecified atom stereocenters. The van der Waals surface area contributed by atoms with Crippen LogP contribution in [0.1, 0.15) is 99.2 Å². The molecule has 4 rings (SSSR count). The number of carbonyl (C=O) groups is 1. The standard InChI is InChI=1S/C38H45NO6S2.Na/c1-3-5-7-8-9-10-15-35(40)28-16-22-34(39)33(25-28)38(41)32-14-12-11-13-31(32)27-17-23-36(37(26-27)47(42,43)44)46-30-20-18-29(19-21-30)45-24-6-4-2;/h11-14,16-23,25-26,38,41H,3-10,15,24,39H2,1-2H3,(H,42,43,44);/q;+1/p-1. The maximum absolute atomic E-state index is 13.0. The quantitative estimate of drug-likeness (QED) is 0.0414. The average Bonchev–Trinajstić information content (AvgIpc) is 3.06. The number of anilines is 1. The van der Waals surface area contributed by atoms with Crippen molar-refractivity contribution in [3.63, 3.8) is 0 Å². The van der Waals surface area contributed by atoms with Gasteiger partial charge in [0.1, 0.15) is 22.0 Å². The number of rotatable bonds is 18. The van der Waals surface area contributed by atoms with E-state index in [0.717, 1.165) is 42.7 Å². The summed E-state index contributed by atoms with van der Waals surface area (Å²) in [6.45, 7) is 4.88. The SMILES string of the molecule is CCCCCCCCC(=O)c1ccc(N)c(C(O)c2ccccc2-c2ccc(Sc3ccc(OCCCC)cc3)c(S(=O)(=O)[O-])c2)c1.[Na+]. The zero-order chi connectivity index (χ0) is 33.8. The Bertz CT molecular complexity index is 1740. The summed E-state index contributed by atoms with van der Waals surface area (Å²) in [5.41, 5.74) is 8.96. The van der Waals surface area contributed by atoms with Crippen molar-refractivity contribution in [1.82, 2.24) is 0 Å². The minimum Gasteiger partial charge on any atom is -0.744 e. The molecule has 0 spiro atoms. The van der Waals surface area contributed by atoms with Gasteiger partial charge in [-0.2, -0.15) is 0 Å². The Morgan fingerprint density at radius 1 is 0.854 bits per heavy atom. The van der Waals surface area contributed by atoms with E-state index in [1.54, 1.807) is 54.6 Å². The minimum absolute atomic E-state index is 0. The van der Waals surface area contributed by atoms with Crippen molar-refractivity contribution in [2.75, 3.05) is 12.3 Å². The zero-order valence-corrected chi connectivity index (χ0v) is 31.7. The summed E-state index contributed by atoms with van der Waals surface area (Å²) < 4.78 is 43.1. The van der Waals surface area contributed by atoms with Gasteiger partial charge < -0.3 is 20.1 Å². The number of ether oxygens (including phenoxy) is 1. The summed E-state index contributed by atoms with van der Waals surface area (Å²) in [6.07, 6.45) is 7.68. The molecule has 0 saturated carbocycles. The van der Waals surface area contributed by atoms with Gasteiger partial charge in [-0.1, -0.05) is 94.5 Å². The molecule has 0 heterocycles. The van der Waals surface area contributed by atoms with E-state index in [1.165, 1.54) is 37.1 Å². The fraction of sp³-hybridized carbons (Fsp3) is 0.342. The first-order valence-corrected chi connectivity index (χ1v) is 18.6. The Morgan fingerprint density at radius 3 is 2.25 bits per heavy atom. The Labute approximate surface area is 311 Å². The van der Waals surface area contributed by atoms with Crippen molar-refractivity contribution in [3.8, 4) is 16.9 Å². The summed E-state index contributed by atoms with van der Waals surface area (Å²) >= 11 is 1.17. The van der Waals surface area contributed by atoms with Gasteiger partial charge >= 0.3 is 29.6 Å². The van der Waals surface area contributed by atoms with E-state index in [4.69, 9.17) is 10.5 Å². The molecule has 0 aliphatic heterocycles. The van der Waals surface area contributed by atoms with Gasteiger partial charge in [0.15, 0.2) is 5.78 Å². The summed E-state index contributed by atoms with van der Waals surface area (Å²) in [7, 11) is -4.84. The molecule has 0 aromatic heterocycles. The van der Waals surface area contributed by atoms with Crippen LogP contribution in [0.25, 0.3) is 11.1 Å². The molecule has 0 aliphatic carbocycles. The van der Waals surface area contributed by atoms with Crippen molar-refractivity contribution >= 4 is 33.4 Å². The Morgan fingerprint density at radius 2 is 1.54 bits per heavy atom. The number of aliphatic hydroxyl groups excluding tert-OH is 1. The largest absolute Gasteiger partial charge is 1.00 e. The van der Waals surface area contributed by atoms with Gasteiger partial charge in [-0.15, -0.1) is 0 Å². The van der Waals surface area contributed by atoms with E-state index in [2.05, 4.69) is 13.8 Å². The molecule has 3 N–H and O–H groups in total. The van der Waals surface area contributed by atoms with Crippen molar-refractivity contribution in [1.29, 1.82) is 0 Å². The third kappa shape index (κ3) is 11.2. The van der Waals surface area contributed by atoms with Gasteiger partial charge in [0.05, 0.1) is 11.5 Å². The van der Waals surface area contributed by atoms with Gasteiger partial charge in [0, 0.05) is 33.0 Å². The van der Waals surface area contributed by atoms with Crippen LogP contribution in [0.5, 0.6) is 5.75 Å². The minimum atomic E-state index is -4.84. The van der Waals surface area contributed by atoms with Crippen LogP contribution in [0.4, 0.5) is 5.69 Å². The van der Waals surface area contributed by atoms with Crippen LogP contribution in [0.3, 0.4) is 0 Å². The predicted molar refractivity (Wildman–Crippen MR) is 188 cm³/mol. The average molecular weight is 698 g/mol. The topological polar surface area (TPSA) is 130 Å². The van der Waals surface area contributed by atoms with Crippen LogP contribution in [0.2, 0.25) is 0 Å². The van der Waals surface area contributed by atoms with Gasteiger partial charge in [-0.3, -0.25) is 4.79 Å². The van der Waals surface area contributed by atoms with Gasteiger partial charge in [0.25, 0.3) is 0 Å². The van der Waals surface area contributed by atoms with Crippen LogP contribution in [-0.4, -0.2) is 30.5 Å². The van der Waals surface area contributed by atoms with Crippen molar-refractivity contribution < 1.29 is 57.2 Å². The van der Waals surface area contributed by atoms with Gasteiger partial charge in [-0.05, 0) is 84.1 Å². The van der Waals surface area contributed by atoms with Crippen LogP contribution in [-0.2, 0) is 10.1 Å². The predicted octanol–water partition coefficient (Wildman–Crippen LogP) is 6.19. The molecule has 10 heteroatoms. The monoisotopic (exact) mass is 697 g/mol. The molecule has 4 aromatic rings. The second-order valence-corrected chi connectivity index (χ2v) is 14.1. The molecule has 0 fully saturated rings. The molecule has 1 atom stereocenters. The molecule has 0 aliphatic rings. The fourth-order valence-electron chi connectivity index (χ4n) is 5.38. The van der Waals surface area contributed by atoms with E-state index in [-0.39, 0.29) is 40.2 Å². The van der Waals surface area contributed by atoms with E-state index in [1.807, 2.05) is 24.3 Å². The van der Waals surface area contributed by atoms with E-state index >= 15 is 0 Å². The molecule has 0 amide bonds. The number of nitrogens with two attached hydrogens (primary N) is 1. The van der Waals surface area contributed by atoms with Crippen LogP contribution in [0.15, 0.2) is 99.6 Å². The first kappa shape index (κ1) is 39.8. The third-order valence-corrected chi connectivity index (χ3v) is 10.1. The summed E-state index contributed by atoms with van der Waals surface area (Å²) in [5, 5.41) is 11.6. The van der Waals surface area contributed by atoms with E-state index in [9.17, 15) is 22.9 Å². The molecule has 4 aromatic carbocycles. The summed E-state index contributed by atoms with van der Waals surface area (Å²) in [6, 6.07) is 23.9. The second kappa shape index (κ2) is 19.5. The molecule has 0 bridgehead atoms. The molecular weight excluding hydrogens is 654 g/mol. The fourth-order valence-corrected chi connectivity index (χ4v) is 7.22. The number of benzene rings is 4. The molecule has 7 nitrogen and oxygen atoms in total. The van der Waals surface area contributed by atoms with Gasteiger partial charge in [-0.25, -0.2) is 8.42 Å². The van der Waals surface area contributed by atoms with E-state index < -0.39 is 16.2 Å². The number of unbranched alkanes of at least 4 members (excludes halogenated alkanes) is 6. The number of ketones is 1. The molecular formula is C38H44NNaO6S2. The number of hydrogen-bond acceptors (Lipinski definition) is 8. The van der Waals surface area contributed by atoms with Crippen molar-refractivity contribution in [3.05, 3.63) is 102 Å². The number of nitrogen functional groups attached to an aromatic ring is 1. The Hall–Kier alpha value is -2.63. The second-order valence-electron chi connectivity index (χ2n) is 11.7. The smallest absolute Gasteiger partial charge is 0.744 e. The number of hydrogen-bond donors (Lipinski definition) is 2. The molecule has 0 radical (unpaired) electrons. The molecule has 0 saturated heterocycles. The van der Waals surface area contributed by atoms with Crippen LogP contribution >= 0.6 is 11.8 Å². The van der Waals surface area contributed by atoms with Crippen molar-refractivity contribution in [2.24, 2.45) is 0 Å². The zero-order valence-electron chi connectivity index (χ0n) is 28.1. The number of aliphatic hydroxyl groups is 1. The summed E-state index contributed by atoms with van der Waals surface area (Å²) in [5.74, 6) is 0.720. The first-order valence-electron chi connectivity index (χ1n) is 16.3. The van der Waals surface area contributed by atoms with Crippen LogP contribution < -0.4 is 40.0 Å². The van der Waals surface area contributed by atoms with Gasteiger partial charge in [0.2, 0.25) is 0 Å². The Kier molecular flexibility index (Phi) is 16.2. The normalized spacial score (nSPS) is 11.9. The maximum Gasteiger partial charge on any atom is 1.00 e. The third-order valence-electron chi connectivity index (χ3n) is 8.06. The van der Waals surface area contributed by atoms with Crippen LogP contribution in [0, 0.1) is 0 Å².